The summed E-state index contributed by atoms with van der Waals surface area (Å²) in [6.07, 6.45) is 2.77. The monoisotopic (exact) mass is 211 g/mol. The first kappa shape index (κ1) is 11.4. The first-order chi connectivity index (χ1) is 7.13. The maximum Gasteiger partial charge on any atom is 0.0455 e. The third kappa shape index (κ3) is 2.52. The summed E-state index contributed by atoms with van der Waals surface area (Å²) in [6, 6.07) is 0. The number of rotatable bonds is 3. The lowest BCUT2D eigenvalue weighted by molar-refractivity contribution is -0.0463. The van der Waals surface area contributed by atoms with Gasteiger partial charge in [-0.25, -0.2) is 0 Å². The minimum absolute atomic E-state index is 0.646. The molecule has 0 saturated carbocycles. The molecule has 2 N–H and O–H groups in total. The van der Waals surface area contributed by atoms with Crippen molar-refractivity contribution in [2.24, 2.45) is 17.1 Å². The highest BCUT2D eigenvalue weighted by molar-refractivity contribution is 4.97. The molecule has 0 atom stereocenters. The third-order valence-corrected chi connectivity index (χ3v) is 3.92. The Morgan fingerprint density at radius 2 is 1.73 bits per heavy atom. The van der Waals surface area contributed by atoms with Crippen LogP contribution >= 0.6 is 0 Å². The van der Waals surface area contributed by atoms with Crippen molar-refractivity contribution in [2.75, 3.05) is 39.4 Å². The van der Waals surface area contributed by atoms with Crippen molar-refractivity contribution in [3.8, 4) is 0 Å². The number of nitrogens with zero attached hydrogens (tertiary/aromatic N) is 2. The molecular formula is C12H25N3. The lowest BCUT2D eigenvalue weighted by atomic mass is 9.72. The Bertz CT molecular complexity index is 199. The lowest BCUT2D eigenvalue weighted by Crippen LogP contribution is -2.61. The second kappa shape index (κ2) is 4.40. The van der Waals surface area contributed by atoms with Crippen molar-refractivity contribution >= 4 is 0 Å². The van der Waals surface area contributed by atoms with Crippen molar-refractivity contribution in [1.82, 2.24) is 9.80 Å². The molecule has 0 radical (unpaired) electrons. The predicted octanol–water partition coefficient (Wildman–Crippen LogP) is 0.956. The van der Waals surface area contributed by atoms with Crippen LogP contribution in [0.3, 0.4) is 0 Å². The second-order valence-electron chi connectivity index (χ2n) is 5.86. The standard InChI is InChI=1S/C12H25N3/c1-11(2)7-14-5-3-12(4-6-14)8-15(9-12)10-13/h11H,3-10,13H2,1-2H3. The molecule has 1 spiro atoms. The van der Waals surface area contributed by atoms with Crippen molar-refractivity contribution in [3.63, 3.8) is 0 Å². The minimum Gasteiger partial charge on any atom is -0.318 e. The van der Waals surface area contributed by atoms with E-state index in [1.807, 2.05) is 0 Å². The summed E-state index contributed by atoms with van der Waals surface area (Å²) in [5.74, 6) is 0.806. The normalized spacial score (nSPS) is 27.2. The Balaban J connectivity index is 1.73. The smallest absolute Gasteiger partial charge is 0.0455 e. The molecule has 0 bridgehead atoms. The van der Waals surface area contributed by atoms with Gasteiger partial charge in [0.05, 0.1) is 0 Å². The highest BCUT2D eigenvalue weighted by atomic mass is 15.3. The molecule has 0 unspecified atom stereocenters. The first-order valence-corrected chi connectivity index (χ1v) is 6.28. The van der Waals surface area contributed by atoms with Crippen LogP contribution in [0.25, 0.3) is 0 Å². The second-order valence-corrected chi connectivity index (χ2v) is 5.86. The van der Waals surface area contributed by atoms with Gasteiger partial charge in [-0.05, 0) is 37.3 Å². The summed E-state index contributed by atoms with van der Waals surface area (Å²) >= 11 is 0. The SMILES string of the molecule is CC(C)CN1CCC2(CC1)CN(CN)C2. The van der Waals surface area contributed by atoms with Crippen LogP contribution in [-0.4, -0.2) is 49.2 Å². The summed E-state index contributed by atoms with van der Waals surface area (Å²) < 4.78 is 0. The predicted molar refractivity (Wildman–Crippen MR) is 63.6 cm³/mol. The van der Waals surface area contributed by atoms with E-state index in [-0.39, 0.29) is 0 Å². The lowest BCUT2D eigenvalue weighted by Gasteiger charge is -2.54. The van der Waals surface area contributed by atoms with Crippen molar-refractivity contribution < 1.29 is 0 Å². The zero-order chi connectivity index (χ0) is 10.9. The molecule has 2 rings (SSSR count). The van der Waals surface area contributed by atoms with Crippen LogP contribution in [0.1, 0.15) is 26.7 Å². The summed E-state index contributed by atoms with van der Waals surface area (Å²) in [4.78, 5) is 4.99. The van der Waals surface area contributed by atoms with Gasteiger partial charge in [0.2, 0.25) is 0 Å². The molecule has 2 aliphatic heterocycles. The van der Waals surface area contributed by atoms with E-state index in [0.717, 1.165) is 12.6 Å². The molecule has 2 saturated heterocycles. The van der Waals surface area contributed by atoms with Gasteiger partial charge in [-0.3, -0.25) is 4.90 Å². The van der Waals surface area contributed by atoms with Gasteiger partial charge in [-0.1, -0.05) is 13.8 Å². The molecule has 2 aliphatic rings. The van der Waals surface area contributed by atoms with E-state index in [1.54, 1.807) is 0 Å². The Hall–Kier alpha value is -0.120. The van der Waals surface area contributed by atoms with Crippen LogP contribution in [0, 0.1) is 11.3 Å². The highest BCUT2D eigenvalue weighted by Crippen LogP contribution is 2.39. The first-order valence-electron chi connectivity index (χ1n) is 6.28. The fourth-order valence-corrected chi connectivity index (χ4v) is 3.07. The topological polar surface area (TPSA) is 32.5 Å². The average molecular weight is 211 g/mol. The number of likely N-dealkylation sites (tertiary alicyclic amines) is 2. The minimum atomic E-state index is 0.646. The number of hydrogen-bond donors (Lipinski definition) is 1. The maximum absolute atomic E-state index is 5.63. The molecular weight excluding hydrogens is 186 g/mol. The number of hydrogen-bond acceptors (Lipinski definition) is 3. The van der Waals surface area contributed by atoms with Crippen molar-refractivity contribution in [1.29, 1.82) is 0 Å². The molecule has 0 aromatic rings. The van der Waals surface area contributed by atoms with Gasteiger partial charge in [-0.15, -0.1) is 0 Å². The Morgan fingerprint density at radius 1 is 1.13 bits per heavy atom. The molecule has 0 amide bonds. The van der Waals surface area contributed by atoms with Gasteiger partial charge in [-0.2, -0.15) is 0 Å². The summed E-state index contributed by atoms with van der Waals surface area (Å²) in [6.45, 7) is 11.7. The average Bonchev–Trinajstić information content (AvgIpc) is 2.15. The van der Waals surface area contributed by atoms with E-state index in [9.17, 15) is 0 Å². The molecule has 88 valence electrons. The fraction of sp³-hybridized carbons (Fsp3) is 1.00. The van der Waals surface area contributed by atoms with E-state index in [2.05, 4.69) is 23.6 Å². The van der Waals surface area contributed by atoms with E-state index >= 15 is 0 Å². The van der Waals surface area contributed by atoms with E-state index in [4.69, 9.17) is 5.73 Å². The van der Waals surface area contributed by atoms with Gasteiger partial charge < -0.3 is 10.6 Å². The van der Waals surface area contributed by atoms with Crippen LogP contribution in [0.4, 0.5) is 0 Å². The Morgan fingerprint density at radius 3 is 2.20 bits per heavy atom. The summed E-state index contributed by atoms with van der Waals surface area (Å²) in [5, 5.41) is 0. The van der Waals surface area contributed by atoms with Crippen LogP contribution in [0.5, 0.6) is 0 Å². The van der Waals surface area contributed by atoms with Gasteiger partial charge in [0, 0.05) is 26.3 Å². The fourth-order valence-electron chi connectivity index (χ4n) is 3.07. The molecule has 15 heavy (non-hydrogen) atoms. The largest absolute Gasteiger partial charge is 0.318 e. The van der Waals surface area contributed by atoms with Crippen molar-refractivity contribution in [2.45, 2.75) is 26.7 Å². The molecule has 0 aliphatic carbocycles. The summed E-state index contributed by atoms with van der Waals surface area (Å²) in [7, 11) is 0. The summed E-state index contributed by atoms with van der Waals surface area (Å²) in [5.41, 5.74) is 6.28. The van der Waals surface area contributed by atoms with E-state index in [1.165, 1.54) is 45.6 Å². The quantitative estimate of drug-likeness (QED) is 0.754. The van der Waals surface area contributed by atoms with Crippen LogP contribution in [0.15, 0.2) is 0 Å². The molecule has 2 heterocycles. The highest BCUT2D eigenvalue weighted by Gasteiger charge is 2.43. The zero-order valence-electron chi connectivity index (χ0n) is 10.2. The zero-order valence-corrected chi connectivity index (χ0v) is 10.2. The third-order valence-electron chi connectivity index (χ3n) is 3.92. The number of piperidine rings is 1. The van der Waals surface area contributed by atoms with Gasteiger partial charge in [0.15, 0.2) is 0 Å². The Kier molecular flexibility index (Phi) is 3.33. The number of nitrogens with two attached hydrogens (primary N) is 1. The molecule has 0 aromatic carbocycles. The van der Waals surface area contributed by atoms with Gasteiger partial charge >= 0.3 is 0 Å². The molecule has 2 fully saturated rings. The van der Waals surface area contributed by atoms with Crippen molar-refractivity contribution in [3.05, 3.63) is 0 Å². The van der Waals surface area contributed by atoms with E-state index < -0.39 is 0 Å². The maximum atomic E-state index is 5.63. The Labute approximate surface area is 93.6 Å². The van der Waals surface area contributed by atoms with Crippen LogP contribution < -0.4 is 5.73 Å². The van der Waals surface area contributed by atoms with Crippen LogP contribution in [0.2, 0.25) is 0 Å². The van der Waals surface area contributed by atoms with Gasteiger partial charge in [0.25, 0.3) is 0 Å². The molecule has 3 nitrogen and oxygen atoms in total. The molecule has 0 aromatic heterocycles. The van der Waals surface area contributed by atoms with Crippen LogP contribution in [-0.2, 0) is 0 Å². The molecule has 3 heteroatoms. The van der Waals surface area contributed by atoms with E-state index in [0.29, 0.717) is 5.41 Å². The van der Waals surface area contributed by atoms with Gasteiger partial charge in [0.1, 0.15) is 0 Å².